The molecule has 3 rings (SSSR count). The fourth-order valence-corrected chi connectivity index (χ4v) is 3.52. The average Bonchev–Trinajstić information content (AvgIpc) is 2.64. The Balaban J connectivity index is 1.52. The van der Waals surface area contributed by atoms with Crippen molar-refractivity contribution in [3.05, 3.63) is 59.1 Å². The van der Waals surface area contributed by atoms with Crippen LogP contribution in [0.25, 0.3) is 0 Å². The maximum atomic E-state index is 12.5. The minimum Gasteiger partial charge on any atom is -0.326 e. The summed E-state index contributed by atoms with van der Waals surface area (Å²) in [6.45, 7) is 1.72. The summed E-state index contributed by atoms with van der Waals surface area (Å²) in [4.78, 5) is 26.9. The summed E-state index contributed by atoms with van der Waals surface area (Å²) in [6.07, 6.45) is 1.76. The average molecular weight is 416 g/mol. The van der Waals surface area contributed by atoms with Crippen molar-refractivity contribution in [2.45, 2.75) is 12.8 Å². The van der Waals surface area contributed by atoms with E-state index in [1.54, 1.807) is 0 Å². The predicted molar refractivity (Wildman–Crippen MR) is 107 cm³/mol. The molecule has 0 spiro atoms. The van der Waals surface area contributed by atoms with Gasteiger partial charge in [0.25, 0.3) is 0 Å². The summed E-state index contributed by atoms with van der Waals surface area (Å²) >= 11 is 3.43. The highest BCUT2D eigenvalue weighted by molar-refractivity contribution is 9.10. The number of carbonyl (C=O) groups is 2. The van der Waals surface area contributed by atoms with E-state index in [4.69, 9.17) is 0 Å². The SMILES string of the molecule is O=C(CN1CCCC(C(=O)Nc2ccccc2)C1)Nc1ccccc1Br. The maximum Gasteiger partial charge on any atom is 0.238 e. The van der Waals surface area contributed by atoms with Crippen LogP contribution in [-0.4, -0.2) is 36.3 Å². The van der Waals surface area contributed by atoms with Gasteiger partial charge < -0.3 is 10.6 Å². The molecule has 136 valence electrons. The van der Waals surface area contributed by atoms with E-state index in [0.29, 0.717) is 6.54 Å². The predicted octanol–water partition coefficient (Wildman–Crippen LogP) is 3.74. The highest BCUT2D eigenvalue weighted by Crippen LogP contribution is 2.22. The van der Waals surface area contributed by atoms with Crippen molar-refractivity contribution < 1.29 is 9.59 Å². The van der Waals surface area contributed by atoms with Gasteiger partial charge in [0.1, 0.15) is 0 Å². The first-order valence-corrected chi connectivity index (χ1v) is 9.54. The van der Waals surface area contributed by atoms with Gasteiger partial charge in [0.2, 0.25) is 11.8 Å². The summed E-state index contributed by atoms with van der Waals surface area (Å²) in [6, 6.07) is 17.0. The van der Waals surface area contributed by atoms with E-state index in [0.717, 1.165) is 35.2 Å². The molecule has 0 saturated carbocycles. The summed E-state index contributed by atoms with van der Waals surface area (Å²) < 4.78 is 0.854. The summed E-state index contributed by atoms with van der Waals surface area (Å²) in [5, 5.41) is 5.87. The van der Waals surface area contributed by atoms with E-state index in [9.17, 15) is 9.59 Å². The van der Waals surface area contributed by atoms with Crippen LogP contribution in [0.1, 0.15) is 12.8 Å². The molecule has 26 heavy (non-hydrogen) atoms. The lowest BCUT2D eigenvalue weighted by molar-refractivity contribution is -0.123. The van der Waals surface area contributed by atoms with Crippen LogP contribution >= 0.6 is 15.9 Å². The molecule has 1 fully saturated rings. The number of nitrogens with one attached hydrogen (secondary N) is 2. The second-order valence-electron chi connectivity index (χ2n) is 6.46. The minimum absolute atomic E-state index is 0.0205. The Hall–Kier alpha value is -2.18. The van der Waals surface area contributed by atoms with Gasteiger partial charge in [-0.1, -0.05) is 30.3 Å². The van der Waals surface area contributed by atoms with Gasteiger partial charge in [-0.3, -0.25) is 14.5 Å². The third-order valence-corrected chi connectivity index (χ3v) is 5.12. The Kier molecular flexibility index (Phi) is 6.41. The van der Waals surface area contributed by atoms with E-state index in [1.807, 2.05) is 59.5 Å². The zero-order chi connectivity index (χ0) is 18.4. The van der Waals surface area contributed by atoms with E-state index in [-0.39, 0.29) is 24.3 Å². The summed E-state index contributed by atoms with van der Waals surface area (Å²) in [7, 11) is 0. The number of anilines is 2. The van der Waals surface area contributed by atoms with Crippen LogP contribution in [0, 0.1) is 5.92 Å². The number of piperidine rings is 1. The number of carbonyl (C=O) groups excluding carboxylic acids is 2. The van der Waals surface area contributed by atoms with Crippen LogP contribution in [0.4, 0.5) is 11.4 Å². The number of halogens is 1. The molecular formula is C20H22BrN3O2. The number of rotatable bonds is 5. The van der Waals surface area contributed by atoms with Gasteiger partial charge >= 0.3 is 0 Å². The molecule has 2 aromatic rings. The Labute approximate surface area is 161 Å². The maximum absolute atomic E-state index is 12.5. The van der Waals surface area contributed by atoms with Crippen LogP contribution in [0.2, 0.25) is 0 Å². The quantitative estimate of drug-likeness (QED) is 0.781. The molecule has 2 aromatic carbocycles. The Bertz CT molecular complexity index is 767. The molecule has 6 heteroatoms. The number of likely N-dealkylation sites (tertiary alicyclic amines) is 1. The fourth-order valence-electron chi connectivity index (χ4n) is 3.13. The van der Waals surface area contributed by atoms with Crippen LogP contribution in [0.15, 0.2) is 59.1 Å². The highest BCUT2D eigenvalue weighted by atomic mass is 79.9. The zero-order valence-corrected chi connectivity index (χ0v) is 16.0. The smallest absolute Gasteiger partial charge is 0.238 e. The van der Waals surface area contributed by atoms with Crippen LogP contribution in [-0.2, 0) is 9.59 Å². The molecule has 2 amide bonds. The van der Waals surface area contributed by atoms with E-state index in [1.165, 1.54) is 0 Å². The van der Waals surface area contributed by atoms with Crippen molar-refractivity contribution in [3.63, 3.8) is 0 Å². The van der Waals surface area contributed by atoms with Gasteiger partial charge in [-0.05, 0) is 59.6 Å². The Morgan fingerprint density at radius 1 is 1.04 bits per heavy atom. The molecule has 5 nitrogen and oxygen atoms in total. The van der Waals surface area contributed by atoms with E-state index >= 15 is 0 Å². The van der Waals surface area contributed by atoms with Gasteiger partial charge in [-0.15, -0.1) is 0 Å². The molecule has 1 atom stereocenters. The van der Waals surface area contributed by atoms with Crippen LogP contribution < -0.4 is 10.6 Å². The molecule has 0 aliphatic carbocycles. The molecule has 1 saturated heterocycles. The first-order valence-electron chi connectivity index (χ1n) is 8.74. The molecule has 1 heterocycles. The summed E-state index contributed by atoms with van der Waals surface area (Å²) in [5.74, 6) is -0.145. The largest absolute Gasteiger partial charge is 0.326 e. The third kappa shape index (κ3) is 5.16. The first-order chi connectivity index (χ1) is 12.6. The van der Waals surface area contributed by atoms with Crippen molar-refractivity contribution in [3.8, 4) is 0 Å². The number of amides is 2. The number of benzene rings is 2. The van der Waals surface area contributed by atoms with Gasteiger partial charge in [0, 0.05) is 16.7 Å². The Morgan fingerprint density at radius 2 is 1.77 bits per heavy atom. The topological polar surface area (TPSA) is 61.4 Å². The molecule has 1 aliphatic heterocycles. The van der Waals surface area contributed by atoms with Crippen molar-refractivity contribution in [1.29, 1.82) is 0 Å². The lowest BCUT2D eigenvalue weighted by Gasteiger charge is -2.31. The van der Waals surface area contributed by atoms with Crippen LogP contribution in [0.5, 0.6) is 0 Å². The van der Waals surface area contributed by atoms with Gasteiger partial charge in [-0.2, -0.15) is 0 Å². The standard InChI is InChI=1S/C20H22BrN3O2/c21-17-10-4-5-11-18(17)23-19(25)14-24-12-6-7-15(13-24)20(26)22-16-8-2-1-3-9-16/h1-5,8-11,15H,6-7,12-14H2,(H,22,26)(H,23,25). The first kappa shape index (κ1) is 18.6. The normalized spacial score (nSPS) is 17.5. The second-order valence-corrected chi connectivity index (χ2v) is 7.31. The second kappa shape index (κ2) is 8.96. The zero-order valence-electron chi connectivity index (χ0n) is 14.5. The van der Waals surface area contributed by atoms with Crippen molar-refractivity contribution in [2.75, 3.05) is 30.3 Å². The molecule has 0 aromatic heterocycles. The summed E-state index contributed by atoms with van der Waals surface area (Å²) in [5.41, 5.74) is 1.56. The lowest BCUT2D eigenvalue weighted by atomic mass is 9.97. The number of hydrogen-bond donors (Lipinski definition) is 2. The van der Waals surface area contributed by atoms with Gasteiger partial charge in [0.15, 0.2) is 0 Å². The molecule has 2 N–H and O–H groups in total. The van der Waals surface area contributed by atoms with Crippen LogP contribution in [0.3, 0.4) is 0 Å². The van der Waals surface area contributed by atoms with E-state index in [2.05, 4.69) is 26.6 Å². The number of nitrogens with zero attached hydrogens (tertiary/aromatic N) is 1. The monoisotopic (exact) mass is 415 g/mol. The van der Waals surface area contributed by atoms with Crippen molar-refractivity contribution in [1.82, 2.24) is 4.90 Å². The third-order valence-electron chi connectivity index (χ3n) is 4.43. The Morgan fingerprint density at radius 3 is 2.54 bits per heavy atom. The molecular weight excluding hydrogens is 394 g/mol. The fraction of sp³-hybridized carbons (Fsp3) is 0.300. The lowest BCUT2D eigenvalue weighted by Crippen LogP contribution is -2.44. The molecule has 1 aliphatic rings. The number of para-hydroxylation sites is 2. The molecule has 0 bridgehead atoms. The van der Waals surface area contributed by atoms with E-state index < -0.39 is 0 Å². The van der Waals surface area contributed by atoms with Crippen molar-refractivity contribution in [2.24, 2.45) is 5.92 Å². The molecule has 0 radical (unpaired) electrons. The van der Waals surface area contributed by atoms with Gasteiger partial charge in [-0.25, -0.2) is 0 Å². The highest BCUT2D eigenvalue weighted by Gasteiger charge is 2.27. The van der Waals surface area contributed by atoms with Crippen molar-refractivity contribution >= 4 is 39.1 Å². The number of hydrogen-bond acceptors (Lipinski definition) is 3. The minimum atomic E-state index is -0.0970. The molecule has 1 unspecified atom stereocenters. The van der Waals surface area contributed by atoms with Gasteiger partial charge in [0.05, 0.1) is 18.2 Å².